The number of carbonyl (C=O) groups excluding carboxylic acids is 1. The molecule has 3 aliphatic rings. The second-order valence-corrected chi connectivity index (χ2v) is 9.26. The Kier molecular flexibility index (Phi) is 3.89. The topological polar surface area (TPSA) is 119 Å². The minimum atomic E-state index is -1.78. The minimum Gasteiger partial charge on any atom is -0.497 e. The normalized spacial score (nSPS) is 24.7. The molecule has 0 bridgehead atoms. The lowest BCUT2D eigenvalue weighted by Crippen LogP contribution is -2.55. The van der Waals surface area contributed by atoms with Crippen LogP contribution in [0.25, 0.3) is 0 Å². The van der Waals surface area contributed by atoms with Gasteiger partial charge in [-0.25, -0.2) is 4.79 Å². The number of fused-ring (bicyclic) bond motifs is 3. The van der Waals surface area contributed by atoms with Crippen LogP contribution in [0.1, 0.15) is 55.6 Å². The number of benzene rings is 1. The largest absolute Gasteiger partial charge is 0.497 e. The molecule has 1 aromatic heterocycles. The highest BCUT2D eigenvalue weighted by Crippen LogP contribution is 2.60. The number of amides is 1. The second-order valence-electron chi connectivity index (χ2n) is 9.26. The Labute approximate surface area is 184 Å². The number of nitrogens with zero attached hydrogens (tertiary/aromatic N) is 2. The average molecular weight is 433 g/mol. The maximum Gasteiger partial charge on any atom is 0.344 e. The predicted molar refractivity (Wildman–Crippen MR) is 116 cm³/mol. The Morgan fingerprint density at radius 3 is 2.66 bits per heavy atom. The summed E-state index contributed by atoms with van der Waals surface area (Å²) >= 11 is 0. The Morgan fingerprint density at radius 1 is 1.28 bits per heavy atom. The van der Waals surface area contributed by atoms with E-state index in [9.17, 15) is 14.9 Å². The number of hydrogen-bond donors (Lipinski definition) is 1. The molecule has 0 aliphatic carbocycles. The van der Waals surface area contributed by atoms with E-state index in [1.165, 1.54) is 13.2 Å². The quantitative estimate of drug-likeness (QED) is 0.734. The highest BCUT2D eigenvalue weighted by Gasteiger charge is 2.64. The van der Waals surface area contributed by atoms with Crippen LogP contribution in [0.2, 0.25) is 0 Å². The molecule has 8 heteroatoms. The molecular formula is C24H23N3O5. The molecule has 32 heavy (non-hydrogen) atoms. The molecule has 1 spiro atoms. The molecule has 1 amide bonds. The van der Waals surface area contributed by atoms with Crippen LogP contribution in [0.3, 0.4) is 0 Å². The van der Waals surface area contributed by atoms with Crippen molar-refractivity contribution in [2.24, 2.45) is 5.73 Å². The van der Waals surface area contributed by atoms with Gasteiger partial charge in [0.05, 0.1) is 12.8 Å². The van der Waals surface area contributed by atoms with E-state index >= 15 is 0 Å². The Balaban J connectivity index is 2.02. The number of rotatable bonds is 1. The summed E-state index contributed by atoms with van der Waals surface area (Å²) in [6.07, 6.45) is 0.696. The average Bonchev–Trinajstić information content (AvgIpc) is 2.95. The molecule has 2 aromatic rings. The van der Waals surface area contributed by atoms with E-state index in [2.05, 4.69) is 13.0 Å². The van der Waals surface area contributed by atoms with Crippen LogP contribution in [0.4, 0.5) is 5.69 Å². The third-order valence-electron chi connectivity index (χ3n) is 6.81. The van der Waals surface area contributed by atoms with Crippen LogP contribution in [0.5, 0.6) is 11.5 Å². The van der Waals surface area contributed by atoms with Gasteiger partial charge in [-0.2, -0.15) is 5.26 Å². The molecule has 0 radical (unpaired) electrons. The van der Waals surface area contributed by atoms with Crippen molar-refractivity contribution in [3.63, 3.8) is 0 Å². The first-order valence-electron chi connectivity index (χ1n) is 10.4. The maximum atomic E-state index is 14.4. The van der Waals surface area contributed by atoms with Gasteiger partial charge in [0, 0.05) is 17.2 Å². The Morgan fingerprint density at radius 2 is 2.00 bits per heavy atom. The smallest absolute Gasteiger partial charge is 0.344 e. The number of hydrogen-bond acceptors (Lipinski definition) is 7. The fourth-order valence-corrected chi connectivity index (χ4v) is 5.67. The van der Waals surface area contributed by atoms with Gasteiger partial charge in [-0.15, -0.1) is 0 Å². The van der Waals surface area contributed by atoms with Crippen molar-refractivity contribution in [1.29, 1.82) is 5.26 Å². The van der Waals surface area contributed by atoms with Crippen LogP contribution in [0, 0.1) is 18.3 Å². The van der Waals surface area contributed by atoms with Gasteiger partial charge in [-0.05, 0) is 50.8 Å². The molecular weight excluding hydrogens is 410 g/mol. The zero-order chi connectivity index (χ0) is 23.2. The van der Waals surface area contributed by atoms with Crippen LogP contribution in [-0.2, 0) is 10.2 Å². The van der Waals surface area contributed by atoms with Gasteiger partial charge in [0.2, 0.25) is 11.8 Å². The standard InChI is InChI=1S/C24H23N3O5/c1-11-9-23(3,4)27-19-14(11)7-13(30-5)8-15(19)24(22(27)29)16(10-25)20(26)32-17-6-12(2)31-21(28)18(17)24/h6-8,11H,9,26H2,1-5H3/t11-,24-/m0/s1. The number of nitriles is 1. The van der Waals surface area contributed by atoms with Crippen molar-refractivity contribution >= 4 is 11.6 Å². The van der Waals surface area contributed by atoms with E-state index < -0.39 is 22.5 Å². The molecule has 0 saturated carbocycles. The Bertz CT molecular complexity index is 1350. The molecule has 2 atom stereocenters. The van der Waals surface area contributed by atoms with Gasteiger partial charge < -0.3 is 24.5 Å². The summed E-state index contributed by atoms with van der Waals surface area (Å²) in [6, 6.07) is 7.20. The highest BCUT2D eigenvalue weighted by molar-refractivity contribution is 6.16. The van der Waals surface area contributed by atoms with Crippen molar-refractivity contribution in [3.8, 4) is 17.6 Å². The first-order valence-corrected chi connectivity index (χ1v) is 10.4. The van der Waals surface area contributed by atoms with Gasteiger partial charge in [0.15, 0.2) is 5.41 Å². The number of methoxy groups -OCH3 is 1. The molecule has 0 saturated heterocycles. The molecule has 0 fully saturated rings. The zero-order valence-electron chi connectivity index (χ0n) is 18.5. The molecule has 164 valence electrons. The summed E-state index contributed by atoms with van der Waals surface area (Å²) in [6.45, 7) is 7.66. The SMILES string of the molecule is COc1cc2c3c(c1)[C@]1(C(=O)N3C(C)(C)C[C@@H]2C)C(C#N)=C(N)Oc2cc(C)oc(=O)c21. The fraction of sp³-hybridized carbons (Fsp3) is 0.375. The predicted octanol–water partition coefficient (Wildman–Crippen LogP) is 2.96. The lowest BCUT2D eigenvalue weighted by molar-refractivity contribution is -0.122. The minimum absolute atomic E-state index is 0.0350. The van der Waals surface area contributed by atoms with Gasteiger partial charge >= 0.3 is 5.63 Å². The highest BCUT2D eigenvalue weighted by atomic mass is 16.5. The maximum absolute atomic E-state index is 14.4. The van der Waals surface area contributed by atoms with E-state index in [4.69, 9.17) is 19.6 Å². The van der Waals surface area contributed by atoms with Gasteiger partial charge in [0.1, 0.15) is 34.5 Å². The molecule has 2 N–H and O–H groups in total. The number of ether oxygens (including phenoxy) is 2. The zero-order valence-corrected chi connectivity index (χ0v) is 18.5. The van der Waals surface area contributed by atoms with Crippen molar-refractivity contribution < 1.29 is 18.7 Å². The summed E-state index contributed by atoms with van der Waals surface area (Å²) in [5.41, 5.74) is 5.04. The van der Waals surface area contributed by atoms with Gasteiger partial charge in [-0.3, -0.25) is 4.79 Å². The molecule has 4 heterocycles. The molecule has 3 aliphatic heterocycles. The van der Waals surface area contributed by atoms with Gasteiger partial charge in [-0.1, -0.05) is 6.92 Å². The lowest BCUT2D eigenvalue weighted by Gasteiger charge is -2.44. The van der Waals surface area contributed by atoms with Crippen molar-refractivity contribution in [2.75, 3.05) is 12.0 Å². The first kappa shape index (κ1) is 20.2. The summed E-state index contributed by atoms with van der Waals surface area (Å²) < 4.78 is 16.6. The van der Waals surface area contributed by atoms with E-state index in [0.29, 0.717) is 29.2 Å². The van der Waals surface area contributed by atoms with Crippen molar-refractivity contribution in [3.05, 3.63) is 62.5 Å². The van der Waals surface area contributed by atoms with E-state index in [0.717, 1.165) is 5.56 Å². The summed E-state index contributed by atoms with van der Waals surface area (Å²) in [7, 11) is 1.54. The fourth-order valence-electron chi connectivity index (χ4n) is 5.67. The summed E-state index contributed by atoms with van der Waals surface area (Å²) in [5, 5.41) is 10.2. The molecule has 0 unspecified atom stereocenters. The lowest BCUT2D eigenvalue weighted by atomic mass is 9.69. The number of carbonyl (C=O) groups is 1. The third-order valence-corrected chi connectivity index (χ3v) is 6.81. The van der Waals surface area contributed by atoms with E-state index in [-0.39, 0.29) is 28.7 Å². The summed E-state index contributed by atoms with van der Waals surface area (Å²) in [4.78, 5) is 29.3. The van der Waals surface area contributed by atoms with Gasteiger partial charge in [0.25, 0.3) is 0 Å². The van der Waals surface area contributed by atoms with Crippen LogP contribution in [0.15, 0.2) is 38.9 Å². The molecule has 8 nitrogen and oxygen atoms in total. The monoisotopic (exact) mass is 433 g/mol. The van der Waals surface area contributed by atoms with Crippen LogP contribution in [-0.4, -0.2) is 18.6 Å². The number of aryl methyl sites for hydroxylation is 1. The summed E-state index contributed by atoms with van der Waals surface area (Å²) in [5.74, 6) is 0.447. The second kappa shape index (κ2) is 6.16. The number of nitrogens with two attached hydrogens (primary N) is 1. The third kappa shape index (κ3) is 2.20. The van der Waals surface area contributed by atoms with Crippen LogP contribution >= 0.6 is 0 Å². The van der Waals surface area contributed by atoms with E-state index in [1.807, 2.05) is 19.9 Å². The molecule has 5 rings (SSSR count). The van der Waals surface area contributed by atoms with Crippen molar-refractivity contribution in [2.45, 2.75) is 51.0 Å². The first-order chi connectivity index (χ1) is 15.1. The Hall–Kier alpha value is -3.73. The number of anilines is 1. The molecule has 1 aromatic carbocycles. The van der Waals surface area contributed by atoms with E-state index in [1.54, 1.807) is 17.9 Å². The van der Waals surface area contributed by atoms with Crippen molar-refractivity contribution in [1.82, 2.24) is 0 Å². The van der Waals surface area contributed by atoms with Crippen LogP contribution < -0.4 is 25.7 Å².